The molecule has 0 saturated heterocycles. The summed E-state index contributed by atoms with van der Waals surface area (Å²) in [6.45, 7) is 0. The molecule has 0 atom stereocenters. The molecular weight excluding hydrogens is 574 g/mol. The molecule has 0 saturated carbocycles. The number of fused-ring (bicyclic) bond motifs is 14. The first-order valence-electron chi connectivity index (χ1n) is 16.0. The van der Waals surface area contributed by atoms with E-state index in [1.807, 2.05) is 16.8 Å². The number of aromatic nitrogens is 3. The third-order valence-electron chi connectivity index (χ3n) is 10.4. The molecule has 0 radical (unpaired) electrons. The summed E-state index contributed by atoms with van der Waals surface area (Å²) in [5, 5.41) is 11.7. The lowest BCUT2D eigenvalue weighted by Gasteiger charge is -2.30. The van der Waals surface area contributed by atoms with Gasteiger partial charge in [-0.3, -0.25) is 0 Å². The molecule has 11 rings (SSSR count). The number of para-hydroxylation sites is 2. The Bertz CT molecular complexity index is 2700. The van der Waals surface area contributed by atoms with E-state index in [0.29, 0.717) is 0 Å². The van der Waals surface area contributed by atoms with Gasteiger partial charge in [-0.1, -0.05) is 127 Å². The highest BCUT2D eigenvalue weighted by Crippen LogP contribution is 2.63. The quantitative estimate of drug-likeness (QED) is 0.199. The molecule has 2 aromatic heterocycles. The van der Waals surface area contributed by atoms with Gasteiger partial charge in [0.25, 0.3) is 0 Å². The van der Waals surface area contributed by atoms with Crippen LogP contribution in [0.3, 0.4) is 0 Å². The molecule has 0 bridgehead atoms. The van der Waals surface area contributed by atoms with Gasteiger partial charge in [-0.2, -0.15) is 0 Å². The highest BCUT2D eigenvalue weighted by Gasteiger charge is 2.51. The van der Waals surface area contributed by atoms with Crippen molar-refractivity contribution in [1.29, 1.82) is 0 Å². The number of furan rings is 1. The Hall–Kier alpha value is -6.26. The third-order valence-corrected chi connectivity index (χ3v) is 10.4. The van der Waals surface area contributed by atoms with Gasteiger partial charge in [-0.25, -0.2) is 4.68 Å². The highest BCUT2D eigenvalue weighted by atomic mass is 16.3. The van der Waals surface area contributed by atoms with Crippen LogP contribution in [0, 0.1) is 0 Å². The molecule has 0 unspecified atom stereocenters. The Labute approximate surface area is 270 Å². The van der Waals surface area contributed by atoms with Crippen LogP contribution in [0.15, 0.2) is 156 Å². The Morgan fingerprint density at radius 3 is 1.81 bits per heavy atom. The fourth-order valence-corrected chi connectivity index (χ4v) is 8.45. The average Bonchev–Trinajstić information content (AvgIpc) is 3.88. The van der Waals surface area contributed by atoms with Gasteiger partial charge in [-0.05, 0) is 80.4 Å². The number of nitrogens with zero attached hydrogens (tertiary/aromatic N) is 3. The van der Waals surface area contributed by atoms with Crippen LogP contribution in [0.4, 0.5) is 0 Å². The molecular formula is C43H25N3O. The molecule has 9 aromatic rings. The maximum Gasteiger partial charge on any atom is 0.143 e. The minimum atomic E-state index is -0.392. The van der Waals surface area contributed by atoms with Crippen molar-refractivity contribution in [2.75, 3.05) is 0 Å². The van der Waals surface area contributed by atoms with E-state index in [2.05, 4.69) is 140 Å². The Morgan fingerprint density at radius 2 is 1.09 bits per heavy atom. The fraction of sp³-hybridized carbons (Fsp3) is 0.0233. The number of hydrogen-bond donors (Lipinski definition) is 0. The molecule has 0 aliphatic heterocycles. The molecule has 7 aromatic carbocycles. The molecule has 2 aliphatic carbocycles. The Morgan fingerprint density at radius 1 is 0.489 bits per heavy atom. The SMILES string of the molecule is c1ccc2c(c1)-c1ccccc1C21c2ccccc2-c2cc3c(cc21)nnn3-c1ccc(-c2cccc3c2oc2ccccc23)cc1. The molecule has 47 heavy (non-hydrogen) atoms. The lowest BCUT2D eigenvalue weighted by atomic mass is 9.70. The molecule has 4 nitrogen and oxygen atoms in total. The summed E-state index contributed by atoms with van der Waals surface area (Å²) in [7, 11) is 0. The van der Waals surface area contributed by atoms with E-state index in [4.69, 9.17) is 14.7 Å². The molecule has 2 aliphatic rings. The third kappa shape index (κ3) is 3.12. The van der Waals surface area contributed by atoms with Gasteiger partial charge >= 0.3 is 0 Å². The Balaban J connectivity index is 1.08. The first-order valence-corrected chi connectivity index (χ1v) is 16.0. The average molecular weight is 600 g/mol. The van der Waals surface area contributed by atoms with Crippen LogP contribution in [-0.4, -0.2) is 15.0 Å². The van der Waals surface area contributed by atoms with E-state index in [1.165, 1.54) is 44.5 Å². The maximum atomic E-state index is 6.33. The van der Waals surface area contributed by atoms with Gasteiger partial charge in [0.1, 0.15) is 16.7 Å². The molecule has 0 amide bonds. The van der Waals surface area contributed by atoms with E-state index >= 15 is 0 Å². The van der Waals surface area contributed by atoms with Crippen LogP contribution >= 0.6 is 0 Å². The van der Waals surface area contributed by atoms with E-state index in [9.17, 15) is 0 Å². The van der Waals surface area contributed by atoms with Crippen LogP contribution < -0.4 is 0 Å². The zero-order valence-electron chi connectivity index (χ0n) is 25.2. The summed E-state index contributed by atoms with van der Waals surface area (Å²) in [4.78, 5) is 0. The zero-order valence-corrected chi connectivity index (χ0v) is 25.2. The first-order chi connectivity index (χ1) is 23.3. The van der Waals surface area contributed by atoms with Gasteiger partial charge in [0.05, 0.1) is 16.6 Å². The molecule has 2 heterocycles. The molecule has 0 N–H and O–H groups in total. The summed E-state index contributed by atoms with van der Waals surface area (Å²) in [6.07, 6.45) is 0. The zero-order chi connectivity index (χ0) is 30.7. The van der Waals surface area contributed by atoms with E-state index in [1.54, 1.807) is 0 Å². The molecule has 1 spiro atoms. The van der Waals surface area contributed by atoms with Gasteiger partial charge in [-0.15, -0.1) is 5.10 Å². The standard InChI is InChI=1S/C43H25N3O/c1-5-16-35-29(10-1)30-11-2-6-17-36(30)43(35)37-18-7-3-12-31(37)34-24-40-39(25-38(34)43)44-45-46(40)27-22-20-26(21-23-27)28-14-9-15-33-32-13-4-8-19-41(32)47-42(28)33/h1-25H. The van der Waals surface area contributed by atoms with Crippen molar-refractivity contribution in [2.45, 2.75) is 5.41 Å². The molecule has 0 fully saturated rings. The lowest BCUT2D eigenvalue weighted by Crippen LogP contribution is -2.25. The number of rotatable bonds is 2. The summed E-state index contributed by atoms with van der Waals surface area (Å²) in [5.74, 6) is 0. The summed E-state index contributed by atoms with van der Waals surface area (Å²) in [5.41, 5.74) is 16.8. The maximum absolute atomic E-state index is 6.33. The first kappa shape index (κ1) is 25.0. The normalized spacial score (nSPS) is 13.7. The van der Waals surface area contributed by atoms with Crippen molar-refractivity contribution in [1.82, 2.24) is 15.0 Å². The van der Waals surface area contributed by atoms with Gasteiger partial charge in [0, 0.05) is 16.3 Å². The van der Waals surface area contributed by atoms with E-state index in [-0.39, 0.29) is 0 Å². The summed E-state index contributed by atoms with van der Waals surface area (Å²) < 4.78 is 8.29. The minimum Gasteiger partial charge on any atom is -0.455 e. The monoisotopic (exact) mass is 599 g/mol. The van der Waals surface area contributed by atoms with E-state index in [0.717, 1.165) is 49.8 Å². The minimum absolute atomic E-state index is 0.392. The Kier molecular flexibility index (Phi) is 4.75. The van der Waals surface area contributed by atoms with Gasteiger partial charge in [0.15, 0.2) is 0 Å². The van der Waals surface area contributed by atoms with Crippen LogP contribution in [0.2, 0.25) is 0 Å². The molecule has 4 heteroatoms. The van der Waals surface area contributed by atoms with Crippen LogP contribution in [-0.2, 0) is 5.41 Å². The highest BCUT2D eigenvalue weighted by molar-refractivity contribution is 6.09. The second kappa shape index (κ2) is 8.93. The summed E-state index contributed by atoms with van der Waals surface area (Å²) in [6, 6.07) is 54.3. The van der Waals surface area contributed by atoms with Crippen molar-refractivity contribution in [3.8, 4) is 39.1 Å². The topological polar surface area (TPSA) is 43.9 Å². The second-order valence-electron chi connectivity index (χ2n) is 12.6. The van der Waals surface area contributed by atoms with Crippen molar-refractivity contribution < 1.29 is 4.42 Å². The van der Waals surface area contributed by atoms with Crippen molar-refractivity contribution in [3.05, 3.63) is 174 Å². The summed E-state index contributed by atoms with van der Waals surface area (Å²) >= 11 is 0. The smallest absolute Gasteiger partial charge is 0.143 e. The van der Waals surface area contributed by atoms with Crippen LogP contribution in [0.1, 0.15) is 22.3 Å². The van der Waals surface area contributed by atoms with E-state index < -0.39 is 5.41 Å². The molecule has 218 valence electrons. The fourth-order valence-electron chi connectivity index (χ4n) is 8.45. The van der Waals surface area contributed by atoms with Crippen LogP contribution in [0.5, 0.6) is 0 Å². The van der Waals surface area contributed by atoms with Gasteiger partial charge < -0.3 is 4.42 Å². The van der Waals surface area contributed by atoms with Crippen molar-refractivity contribution in [2.24, 2.45) is 0 Å². The lowest BCUT2D eigenvalue weighted by molar-refractivity contribution is 0.670. The van der Waals surface area contributed by atoms with Crippen molar-refractivity contribution >= 4 is 33.0 Å². The van der Waals surface area contributed by atoms with Crippen molar-refractivity contribution in [3.63, 3.8) is 0 Å². The number of benzene rings is 7. The predicted molar refractivity (Wildman–Crippen MR) is 188 cm³/mol. The van der Waals surface area contributed by atoms with Crippen LogP contribution in [0.25, 0.3) is 72.0 Å². The largest absolute Gasteiger partial charge is 0.455 e. The van der Waals surface area contributed by atoms with Gasteiger partial charge in [0.2, 0.25) is 0 Å². The predicted octanol–water partition coefficient (Wildman–Crippen LogP) is 10.3. The number of hydrogen-bond acceptors (Lipinski definition) is 3. The second-order valence-corrected chi connectivity index (χ2v) is 12.6.